The van der Waals surface area contributed by atoms with E-state index in [9.17, 15) is 0 Å². The molecule has 0 spiro atoms. The van der Waals surface area contributed by atoms with Gasteiger partial charge in [0.05, 0.1) is 24.4 Å². The van der Waals surface area contributed by atoms with Crippen LogP contribution in [0.3, 0.4) is 0 Å². The van der Waals surface area contributed by atoms with E-state index in [4.69, 9.17) is 12.2 Å². The third-order valence-electron chi connectivity index (χ3n) is 7.60. The van der Waals surface area contributed by atoms with Gasteiger partial charge in [-0.15, -0.1) is 0 Å². The van der Waals surface area contributed by atoms with Crippen molar-refractivity contribution in [3.8, 4) is 0 Å². The van der Waals surface area contributed by atoms with Gasteiger partial charge in [-0.05, 0) is 46.6 Å². The van der Waals surface area contributed by atoms with Crippen molar-refractivity contribution in [2.45, 2.75) is 39.5 Å². The second-order valence-electron chi connectivity index (χ2n) is 10.8. The van der Waals surface area contributed by atoms with Gasteiger partial charge in [-0.2, -0.15) is 0 Å². The van der Waals surface area contributed by atoms with Crippen LogP contribution in [0.15, 0.2) is 146 Å². The lowest BCUT2D eigenvalue weighted by molar-refractivity contribution is 0.189. The lowest BCUT2D eigenvalue weighted by atomic mass is 10.2. The minimum absolute atomic E-state index is 0.702. The normalized spacial score (nSPS) is 11.5. The fourth-order valence-corrected chi connectivity index (χ4v) is 5.94. The Labute approximate surface area is 253 Å². The van der Waals surface area contributed by atoms with E-state index in [0.717, 1.165) is 42.0 Å². The van der Waals surface area contributed by atoms with Crippen molar-refractivity contribution in [3.05, 3.63) is 173 Å². The molecule has 6 aromatic rings. The van der Waals surface area contributed by atoms with Gasteiger partial charge < -0.3 is 9.13 Å². The Morgan fingerprint density at radius 2 is 0.643 bits per heavy atom. The summed E-state index contributed by atoms with van der Waals surface area (Å²) < 4.78 is 5.45. The molecule has 0 unspecified atom stereocenters. The number of hydrogen-bond donors (Lipinski definition) is 0. The van der Waals surface area contributed by atoms with Gasteiger partial charge in [-0.1, -0.05) is 133 Å². The van der Waals surface area contributed by atoms with E-state index >= 15 is 0 Å². The molecule has 5 heteroatoms. The number of rotatable bonds is 12. The van der Waals surface area contributed by atoms with Crippen LogP contribution in [0.2, 0.25) is 0 Å². The summed E-state index contributed by atoms with van der Waals surface area (Å²) in [5.41, 5.74) is 7.49. The van der Waals surface area contributed by atoms with Crippen LogP contribution in [-0.4, -0.2) is 18.9 Å². The number of hydrogen-bond acceptors (Lipinski definition) is 3. The summed E-state index contributed by atoms with van der Waals surface area (Å²) in [4.78, 5) is 4.95. The van der Waals surface area contributed by atoms with E-state index in [1.54, 1.807) is 0 Å². The van der Waals surface area contributed by atoms with Crippen LogP contribution < -0.4 is 0 Å². The fourth-order valence-electron chi connectivity index (χ4n) is 5.62. The van der Waals surface area contributed by atoms with Crippen molar-refractivity contribution in [2.75, 3.05) is 0 Å². The van der Waals surface area contributed by atoms with Crippen molar-refractivity contribution in [1.29, 1.82) is 0 Å². The van der Waals surface area contributed by atoms with Crippen LogP contribution in [0.5, 0.6) is 0 Å². The molecule has 4 nitrogen and oxygen atoms in total. The summed E-state index contributed by atoms with van der Waals surface area (Å²) in [6, 6.07) is 51.4. The van der Waals surface area contributed by atoms with E-state index in [2.05, 4.69) is 165 Å². The Morgan fingerprint density at radius 3 is 0.929 bits per heavy atom. The van der Waals surface area contributed by atoms with Crippen LogP contribution in [-0.2, 0) is 39.5 Å². The molecule has 0 fully saturated rings. The maximum atomic E-state index is 6.26. The first-order valence-corrected chi connectivity index (χ1v) is 14.9. The summed E-state index contributed by atoms with van der Waals surface area (Å²) >= 11 is 6.26. The third kappa shape index (κ3) is 6.94. The Morgan fingerprint density at radius 1 is 0.381 bits per heavy atom. The summed E-state index contributed by atoms with van der Waals surface area (Å²) in [6.45, 7) is 4.76. The summed E-state index contributed by atoms with van der Waals surface area (Å²) in [6.07, 6.45) is 0. The highest BCUT2D eigenvalue weighted by Crippen LogP contribution is 2.22. The molecule has 0 amide bonds. The Bertz CT molecular complexity index is 1530. The van der Waals surface area contributed by atoms with Crippen LogP contribution in [0, 0.1) is 4.77 Å². The number of benzene rings is 5. The molecule has 0 aliphatic rings. The van der Waals surface area contributed by atoms with Gasteiger partial charge in [-0.3, -0.25) is 9.80 Å². The molecule has 5 aromatic carbocycles. The van der Waals surface area contributed by atoms with E-state index < -0.39 is 0 Å². The molecule has 6 rings (SSSR count). The largest absolute Gasteiger partial charge is 0.303 e. The zero-order chi connectivity index (χ0) is 28.6. The van der Waals surface area contributed by atoms with Gasteiger partial charge in [-0.25, -0.2) is 0 Å². The summed E-state index contributed by atoms with van der Waals surface area (Å²) in [7, 11) is 0. The fraction of sp³-hybridized carbons (Fsp3) is 0.162. The van der Waals surface area contributed by atoms with Gasteiger partial charge >= 0.3 is 0 Å². The Kier molecular flexibility index (Phi) is 9.01. The smallest absolute Gasteiger partial charge is 0.183 e. The lowest BCUT2D eigenvalue weighted by Gasteiger charge is -2.24. The minimum atomic E-state index is 0.702. The number of nitrogens with zero attached hydrogens (tertiary/aromatic N) is 4. The van der Waals surface area contributed by atoms with E-state index in [1.807, 2.05) is 0 Å². The summed E-state index contributed by atoms with van der Waals surface area (Å²) in [5, 5.41) is 0. The maximum Gasteiger partial charge on any atom is 0.183 e. The number of fused-ring (bicyclic) bond motifs is 1. The molecule has 0 bridgehead atoms. The van der Waals surface area contributed by atoms with E-state index in [0.29, 0.717) is 13.3 Å². The van der Waals surface area contributed by atoms with Crippen molar-refractivity contribution >= 4 is 23.3 Å². The molecular formula is C37H36N4S. The monoisotopic (exact) mass is 568 g/mol. The molecule has 0 saturated carbocycles. The average molecular weight is 569 g/mol. The first-order chi connectivity index (χ1) is 20.7. The predicted molar refractivity (Wildman–Crippen MR) is 175 cm³/mol. The van der Waals surface area contributed by atoms with Crippen molar-refractivity contribution in [2.24, 2.45) is 0 Å². The van der Waals surface area contributed by atoms with Crippen LogP contribution >= 0.6 is 12.2 Å². The third-order valence-corrected chi connectivity index (χ3v) is 8.04. The van der Waals surface area contributed by atoms with E-state index in [1.165, 1.54) is 22.3 Å². The second-order valence-corrected chi connectivity index (χ2v) is 11.2. The molecule has 0 atom stereocenters. The minimum Gasteiger partial charge on any atom is -0.303 e. The predicted octanol–water partition coefficient (Wildman–Crippen LogP) is 8.49. The van der Waals surface area contributed by atoms with Gasteiger partial charge in [0.25, 0.3) is 0 Å². The maximum absolute atomic E-state index is 6.26. The van der Waals surface area contributed by atoms with E-state index in [-0.39, 0.29) is 0 Å². The van der Waals surface area contributed by atoms with Crippen molar-refractivity contribution in [1.82, 2.24) is 18.9 Å². The molecule has 0 aliphatic carbocycles. The molecule has 0 N–H and O–H groups in total. The molecule has 1 aromatic heterocycles. The molecule has 1 heterocycles. The second kappa shape index (κ2) is 13.6. The molecule has 0 aliphatic heterocycles. The average Bonchev–Trinajstić information content (AvgIpc) is 3.29. The SMILES string of the molecule is S=c1n(CN(Cc2ccccc2)Cc2ccccc2)c2ccccc2n1CN(Cc1ccccc1)Cc1ccccc1. The molecule has 210 valence electrons. The van der Waals surface area contributed by atoms with Gasteiger partial charge in [0.15, 0.2) is 4.77 Å². The van der Waals surface area contributed by atoms with Crippen LogP contribution in [0.4, 0.5) is 0 Å². The van der Waals surface area contributed by atoms with Gasteiger partial charge in [0.1, 0.15) is 0 Å². The standard InChI is InChI=1S/C37H36N4S/c42-37-40(29-38(25-31-15-5-1-6-16-31)26-32-17-7-2-8-18-32)35-23-13-14-24-36(35)41(37)30-39(27-33-19-9-3-10-20-33)28-34-21-11-4-12-22-34/h1-24H,25-30H2. The number of imidazole rings is 1. The van der Waals surface area contributed by atoms with Gasteiger partial charge in [0.2, 0.25) is 0 Å². The Balaban J connectivity index is 1.34. The molecule has 42 heavy (non-hydrogen) atoms. The molecule has 0 saturated heterocycles. The summed E-state index contributed by atoms with van der Waals surface area (Å²) in [5.74, 6) is 0. The molecule has 0 radical (unpaired) electrons. The van der Waals surface area contributed by atoms with Crippen molar-refractivity contribution < 1.29 is 0 Å². The highest BCUT2D eigenvalue weighted by atomic mass is 32.1. The number of aromatic nitrogens is 2. The first-order valence-electron chi connectivity index (χ1n) is 14.5. The van der Waals surface area contributed by atoms with Crippen LogP contribution in [0.1, 0.15) is 22.3 Å². The topological polar surface area (TPSA) is 16.3 Å². The molecular weight excluding hydrogens is 533 g/mol. The van der Waals surface area contributed by atoms with Crippen molar-refractivity contribution in [3.63, 3.8) is 0 Å². The quantitative estimate of drug-likeness (QED) is 0.138. The first kappa shape index (κ1) is 27.9. The lowest BCUT2D eigenvalue weighted by Crippen LogP contribution is -2.27. The Hall–Kier alpha value is -4.29. The zero-order valence-electron chi connectivity index (χ0n) is 23.8. The van der Waals surface area contributed by atoms with Crippen LogP contribution in [0.25, 0.3) is 11.0 Å². The number of para-hydroxylation sites is 2. The zero-order valence-corrected chi connectivity index (χ0v) is 24.6. The van der Waals surface area contributed by atoms with Gasteiger partial charge in [0, 0.05) is 26.2 Å². The highest BCUT2D eigenvalue weighted by Gasteiger charge is 2.17. The highest BCUT2D eigenvalue weighted by molar-refractivity contribution is 7.71.